The van der Waals surface area contributed by atoms with E-state index < -0.39 is 22.9 Å². The lowest BCUT2D eigenvalue weighted by Crippen LogP contribution is -2.24. The van der Waals surface area contributed by atoms with Crippen LogP contribution >= 0.6 is 0 Å². The number of benzene rings is 1. The van der Waals surface area contributed by atoms with Gasteiger partial charge in [-0.2, -0.15) is 5.10 Å². The van der Waals surface area contributed by atoms with Gasteiger partial charge >= 0.3 is 12.1 Å². The number of nitrogens with zero attached hydrogens (tertiary/aromatic N) is 2. The van der Waals surface area contributed by atoms with Crippen molar-refractivity contribution < 1.29 is 24.4 Å². The maximum Gasteiger partial charge on any atom is 0.428 e. The van der Waals surface area contributed by atoms with Crippen molar-refractivity contribution in [2.45, 2.75) is 13.0 Å². The Morgan fingerprint density at radius 1 is 1.28 bits per heavy atom. The number of hydrazone groups is 1. The Morgan fingerprint density at radius 3 is 2.64 bits per heavy atom. The first-order chi connectivity index (χ1) is 12.0. The molecule has 2 rings (SSSR count). The fourth-order valence-electron chi connectivity index (χ4n) is 2.06. The molecular weight excluding hydrogens is 330 g/mol. The number of nitro groups is 1. The Kier molecular flexibility index (Phi) is 5.99. The number of carboxylic acids is 1. The zero-order chi connectivity index (χ0) is 18.2. The van der Waals surface area contributed by atoms with E-state index >= 15 is 0 Å². The first-order valence-corrected chi connectivity index (χ1v) is 7.26. The predicted octanol–water partition coefficient (Wildman–Crippen LogP) is 2.39. The van der Waals surface area contributed by atoms with Gasteiger partial charge in [0.25, 0.3) is 5.69 Å². The van der Waals surface area contributed by atoms with Gasteiger partial charge in [0.1, 0.15) is 6.61 Å². The van der Waals surface area contributed by atoms with Crippen molar-refractivity contribution in [1.29, 1.82) is 0 Å². The summed E-state index contributed by atoms with van der Waals surface area (Å²) in [7, 11) is 0. The SMILES string of the molecule is O=C(O)CC1C=CC=CC1=NNC(=O)OCc1ccc([N+](=O)[O-])cc1. The highest BCUT2D eigenvalue weighted by Crippen LogP contribution is 2.14. The van der Waals surface area contributed by atoms with Crippen LogP contribution in [0.2, 0.25) is 0 Å². The van der Waals surface area contributed by atoms with Gasteiger partial charge in [-0.05, 0) is 23.8 Å². The minimum Gasteiger partial charge on any atom is -0.481 e. The topological polar surface area (TPSA) is 131 Å². The second-order valence-corrected chi connectivity index (χ2v) is 5.10. The van der Waals surface area contributed by atoms with Gasteiger partial charge in [-0.3, -0.25) is 14.9 Å². The lowest BCUT2D eigenvalue weighted by atomic mass is 9.95. The summed E-state index contributed by atoms with van der Waals surface area (Å²) in [5, 5.41) is 23.3. The second kappa shape index (κ2) is 8.39. The molecule has 1 aliphatic rings. The summed E-state index contributed by atoms with van der Waals surface area (Å²) in [5.74, 6) is -1.41. The first-order valence-electron chi connectivity index (χ1n) is 7.26. The monoisotopic (exact) mass is 345 g/mol. The number of nitrogens with one attached hydrogen (secondary N) is 1. The normalized spacial score (nSPS) is 17.3. The van der Waals surface area contributed by atoms with E-state index in [4.69, 9.17) is 9.84 Å². The number of carbonyl (C=O) groups excluding carboxylic acids is 1. The molecule has 130 valence electrons. The zero-order valence-electron chi connectivity index (χ0n) is 13.0. The van der Waals surface area contributed by atoms with Crippen molar-refractivity contribution >= 4 is 23.5 Å². The standard InChI is InChI=1S/C16H15N3O6/c20-15(21)9-12-3-1-2-4-14(12)17-18-16(22)25-10-11-5-7-13(8-6-11)19(23)24/h1-8,12H,9-10H2,(H,18,22)(H,20,21). The van der Waals surface area contributed by atoms with E-state index in [-0.39, 0.29) is 18.7 Å². The fraction of sp³-hybridized carbons (Fsp3) is 0.188. The molecule has 0 saturated heterocycles. The van der Waals surface area contributed by atoms with E-state index in [9.17, 15) is 19.7 Å². The molecule has 1 aliphatic carbocycles. The molecule has 0 radical (unpaired) electrons. The highest BCUT2D eigenvalue weighted by Gasteiger charge is 2.17. The van der Waals surface area contributed by atoms with Gasteiger partial charge in [0, 0.05) is 18.1 Å². The van der Waals surface area contributed by atoms with E-state index in [0.717, 1.165) is 0 Å². The number of carbonyl (C=O) groups is 2. The lowest BCUT2D eigenvalue weighted by Gasteiger charge is -2.13. The van der Waals surface area contributed by atoms with Gasteiger partial charge < -0.3 is 9.84 Å². The molecule has 0 saturated carbocycles. The fourth-order valence-corrected chi connectivity index (χ4v) is 2.06. The molecule has 1 aromatic rings. The smallest absolute Gasteiger partial charge is 0.428 e. The highest BCUT2D eigenvalue weighted by atomic mass is 16.6. The van der Waals surface area contributed by atoms with E-state index in [0.29, 0.717) is 11.3 Å². The third-order valence-electron chi connectivity index (χ3n) is 3.29. The zero-order valence-corrected chi connectivity index (χ0v) is 13.0. The summed E-state index contributed by atoms with van der Waals surface area (Å²) in [5.41, 5.74) is 3.12. The summed E-state index contributed by atoms with van der Waals surface area (Å²) >= 11 is 0. The van der Waals surface area contributed by atoms with Gasteiger partial charge in [0.15, 0.2) is 0 Å². The maximum atomic E-state index is 11.7. The van der Waals surface area contributed by atoms with E-state index in [2.05, 4.69) is 10.5 Å². The summed E-state index contributed by atoms with van der Waals surface area (Å²) in [6.45, 7) is -0.0804. The molecular formula is C16H15N3O6. The van der Waals surface area contributed by atoms with Crippen LogP contribution in [0.5, 0.6) is 0 Å². The van der Waals surface area contributed by atoms with Crippen molar-refractivity contribution in [2.24, 2.45) is 11.0 Å². The molecule has 0 aromatic heterocycles. The number of carboxylic acid groups (broad SMARTS) is 1. The average Bonchev–Trinajstić information content (AvgIpc) is 2.59. The number of aliphatic carboxylic acids is 1. The molecule has 0 bridgehead atoms. The van der Waals surface area contributed by atoms with Crippen molar-refractivity contribution in [3.63, 3.8) is 0 Å². The molecule has 25 heavy (non-hydrogen) atoms. The molecule has 0 heterocycles. The summed E-state index contributed by atoms with van der Waals surface area (Å²) in [6, 6.07) is 5.59. The van der Waals surface area contributed by atoms with Crippen molar-refractivity contribution in [3.8, 4) is 0 Å². The number of hydrogen-bond acceptors (Lipinski definition) is 6. The predicted molar refractivity (Wildman–Crippen MR) is 87.9 cm³/mol. The maximum absolute atomic E-state index is 11.7. The van der Waals surface area contributed by atoms with Crippen LogP contribution in [0.15, 0.2) is 53.7 Å². The second-order valence-electron chi connectivity index (χ2n) is 5.10. The Bertz CT molecular complexity index is 752. The molecule has 0 spiro atoms. The Labute approximate surface area is 142 Å². The number of rotatable bonds is 6. The average molecular weight is 345 g/mol. The minimum absolute atomic E-state index is 0.0544. The highest BCUT2D eigenvalue weighted by molar-refractivity contribution is 6.01. The van der Waals surface area contributed by atoms with Crippen LogP contribution in [0.1, 0.15) is 12.0 Å². The third-order valence-corrected chi connectivity index (χ3v) is 3.29. The quantitative estimate of drug-likeness (QED) is 0.601. The number of hydrogen-bond donors (Lipinski definition) is 2. The van der Waals surface area contributed by atoms with Crippen LogP contribution in [0.4, 0.5) is 10.5 Å². The van der Waals surface area contributed by atoms with Gasteiger partial charge in [-0.25, -0.2) is 10.2 Å². The number of non-ortho nitro benzene ring substituents is 1. The minimum atomic E-state index is -0.974. The van der Waals surface area contributed by atoms with Crippen LogP contribution in [-0.2, 0) is 16.1 Å². The van der Waals surface area contributed by atoms with Crippen LogP contribution in [-0.4, -0.2) is 27.8 Å². The van der Waals surface area contributed by atoms with E-state index in [1.54, 1.807) is 24.3 Å². The summed E-state index contributed by atoms with van der Waals surface area (Å²) < 4.78 is 4.95. The number of amides is 1. The number of allylic oxidation sites excluding steroid dienone is 4. The van der Waals surface area contributed by atoms with Crippen molar-refractivity contribution in [2.75, 3.05) is 0 Å². The summed E-state index contributed by atoms with van der Waals surface area (Å²) in [4.78, 5) is 32.5. The van der Waals surface area contributed by atoms with Gasteiger partial charge in [0.2, 0.25) is 0 Å². The van der Waals surface area contributed by atoms with Gasteiger partial charge in [0.05, 0.1) is 17.1 Å². The Morgan fingerprint density at radius 2 is 2.00 bits per heavy atom. The number of ether oxygens (including phenoxy) is 1. The van der Waals surface area contributed by atoms with Crippen molar-refractivity contribution in [3.05, 3.63) is 64.2 Å². The largest absolute Gasteiger partial charge is 0.481 e. The lowest BCUT2D eigenvalue weighted by molar-refractivity contribution is -0.384. The van der Waals surface area contributed by atoms with E-state index in [1.165, 1.54) is 24.3 Å². The molecule has 1 unspecified atom stereocenters. The van der Waals surface area contributed by atoms with Crippen LogP contribution in [0, 0.1) is 16.0 Å². The molecule has 0 aliphatic heterocycles. The Hall–Kier alpha value is -3.49. The molecule has 0 fully saturated rings. The van der Waals surface area contributed by atoms with Crippen LogP contribution in [0.3, 0.4) is 0 Å². The van der Waals surface area contributed by atoms with Crippen LogP contribution < -0.4 is 5.43 Å². The van der Waals surface area contributed by atoms with Gasteiger partial charge in [-0.1, -0.05) is 18.2 Å². The van der Waals surface area contributed by atoms with Crippen molar-refractivity contribution in [1.82, 2.24) is 5.43 Å². The molecule has 9 heteroatoms. The van der Waals surface area contributed by atoms with Crippen LogP contribution in [0.25, 0.3) is 0 Å². The molecule has 2 N–H and O–H groups in total. The first kappa shape index (κ1) is 17.9. The molecule has 1 atom stereocenters. The Balaban J connectivity index is 1.87. The van der Waals surface area contributed by atoms with E-state index in [1.807, 2.05) is 0 Å². The molecule has 1 amide bonds. The molecule has 1 aromatic carbocycles. The van der Waals surface area contributed by atoms with Gasteiger partial charge in [-0.15, -0.1) is 0 Å². The summed E-state index contributed by atoms with van der Waals surface area (Å²) in [6.07, 6.45) is 5.71. The molecule has 9 nitrogen and oxygen atoms in total. The third kappa shape index (κ3) is 5.57. The number of nitro benzene ring substituents is 1.